The lowest BCUT2D eigenvalue weighted by atomic mass is 9.91. The first-order valence-electron chi connectivity index (χ1n) is 10.3. The van der Waals surface area contributed by atoms with Crippen molar-refractivity contribution in [2.24, 2.45) is 0 Å². The molecule has 4 amide bonds. The predicted molar refractivity (Wildman–Crippen MR) is 114 cm³/mol. The standard InChI is InChI=1S/C23H25N3O5/c1-3-15-6-4-7-17(12-15)24-20(27)14-26-21(28)23(2,25-22(26)29)16-8-9-18-19(13-16)31-11-5-10-30-18/h4,6-9,12-13H,3,5,10-11,14H2,1-2H3,(H,24,27)(H,25,29). The SMILES string of the molecule is CCc1cccc(NC(=O)CN2C(=O)NC(C)(c3ccc4c(c3)OCCCO4)C2=O)c1. The van der Waals surface area contributed by atoms with Gasteiger partial charge < -0.3 is 20.1 Å². The molecular formula is C23H25N3O5. The second-order valence-electron chi connectivity index (χ2n) is 7.76. The van der Waals surface area contributed by atoms with Crippen molar-refractivity contribution < 1.29 is 23.9 Å². The molecule has 162 valence electrons. The van der Waals surface area contributed by atoms with E-state index in [9.17, 15) is 14.4 Å². The number of imide groups is 1. The fraction of sp³-hybridized carbons (Fsp3) is 0.348. The van der Waals surface area contributed by atoms with Crippen molar-refractivity contribution in [3.63, 3.8) is 0 Å². The first-order chi connectivity index (χ1) is 14.9. The highest BCUT2D eigenvalue weighted by molar-refractivity contribution is 6.10. The van der Waals surface area contributed by atoms with Crippen LogP contribution in [0.4, 0.5) is 10.5 Å². The molecule has 1 unspecified atom stereocenters. The van der Waals surface area contributed by atoms with Crippen LogP contribution in [0, 0.1) is 0 Å². The highest BCUT2D eigenvalue weighted by Gasteiger charge is 2.49. The maximum atomic E-state index is 13.2. The summed E-state index contributed by atoms with van der Waals surface area (Å²) in [7, 11) is 0. The van der Waals surface area contributed by atoms with E-state index in [1.165, 1.54) is 0 Å². The Kier molecular flexibility index (Phi) is 5.54. The maximum absolute atomic E-state index is 13.2. The minimum Gasteiger partial charge on any atom is -0.490 e. The highest BCUT2D eigenvalue weighted by Crippen LogP contribution is 2.36. The van der Waals surface area contributed by atoms with Crippen LogP contribution in [0.5, 0.6) is 11.5 Å². The van der Waals surface area contributed by atoms with Crippen molar-refractivity contribution in [2.75, 3.05) is 25.1 Å². The number of amides is 4. The second-order valence-corrected chi connectivity index (χ2v) is 7.76. The Morgan fingerprint density at radius 3 is 2.68 bits per heavy atom. The number of nitrogens with one attached hydrogen (secondary N) is 2. The molecule has 8 heteroatoms. The van der Waals surface area contributed by atoms with Gasteiger partial charge >= 0.3 is 6.03 Å². The molecule has 2 N–H and O–H groups in total. The molecule has 2 aliphatic rings. The summed E-state index contributed by atoms with van der Waals surface area (Å²) in [5.41, 5.74) is 0.968. The third kappa shape index (κ3) is 4.05. The van der Waals surface area contributed by atoms with Gasteiger partial charge in [0, 0.05) is 12.1 Å². The monoisotopic (exact) mass is 423 g/mol. The van der Waals surface area contributed by atoms with E-state index < -0.39 is 23.4 Å². The zero-order valence-corrected chi connectivity index (χ0v) is 17.6. The Labute approximate surface area is 180 Å². The molecule has 2 heterocycles. The molecule has 0 aromatic heterocycles. The lowest BCUT2D eigenvalue weighted by molar-refractivity contribution is -0.133. The zero-order chi connectivity index (χ0) is 22.0. The lowest BCUT2D eigenvalue weighted by Gasteiger charge is -2.23. The quantitative estimate of drug-likeness (QED) is 0.721. The molecule has 1 saturated heterocycles. The molecule has 2 aliphatic heterocycles. The van der Waals surface area contributed by atoms with Crippen molar-refractivity contribution >= 4 is 23.5 Å². The summed E-state index contributed by atoms with van der Waals surface area (Å²) in [6, 6.07) is 12.0. The molecule has 1 fully saturated rings. The third-order valence-electron chi connectivity index (χ3n) is 5.52. The van der Waals surface area contributed by atoms with Crippen LogP contribution in [0.1, 0.15) is 31.4 Å². The Morgan fingerprint density at radius 2 is 1.90 bits per heavy atom. The van der Waals surface area contributed by atoms with Gasteiger partial charge in [0.25, 0.3) is 5.91 Å². The number of aryl methyl sites for hydroxylation is 1. The van der Waals surface area contributed by atoms with Gasteiger partial charge in [-0.15, -0.1) is 0 Å². The molecule has 1 atom stereocenters. The van der Waals surface area contributed by atoms with Crippen LogP contribution in [0.2, 0.25) is 0 Å². The van der Waals surface area contributed by atoms with E-state index in [2.05, 4.69) is 10.6 Å². The summed E-state index contributed by atoms with van der Waals surface area (Å²) >= 11 is 0. The van der Waals surface area contributed by atoms with Crippen molar-refractivity contribution in [3.8, 4) is 11.5 Å². The number of benzene rings is 2. The van der Waals surface area contributed by atoms with Crippen LogP contribution in [0.3, 0.4) is 0 Å². The van der Waals surface area contributed by atoms with Crippen LogP contribution in [-0.2, 0) is 21.5 Å². The Balaban J connectivity index is 1.50. The van der Waals surface area contributed by atoms with E-state index in [0.717, 1.165) is 23.3 Å². The van der Waals surface area contributed by atoms with E-state index in [4.69, 9.17) is 9.47 Å². The molecule has 0 radical (unpaired) electrons. The van der Waals surface area contributed by atoms with Crippen LogP contribution in [0.15, 0.2) is 42.5 Å². The lowest BCUT2D eigenvalue weighted by Crippen LogP contribution is -2.42. The van der Waals surface area contributed by atoms with Crippen molar-refractivity contribution in [2.45, 2.75) is 32.2 Å². The largest absolute Gasteiger partial charge is 0.490 e. The fourth-order valence-corrected chi connectivity index (χ4v) is 3.72. The van der Waals surface area contributed by atoms with Gasteiger partial charge in [-0.05, 0) is 48.7 Å². The molecule has 0 spiro atoms. The fourth-order valence-electron chi connectivity index (χ4n) is 3.72. The van der Waals surface area contributed by atoms with E-state index >= 15 is 0 Å². The summed E-state index contributed by atoms with van der Waals surface area (Å²) in [4.78, 5) is 39.2. The number of fused-ring (bicyclic) bond motifs is 1. The minimum absolute atomic E-state index is 0.374. The molecule has 0 bridgehead atoms. The van der Waals surface area contributed by atoms with Gasteiger partial charge in [0.15, 0.2) is 11.5 Å². The van der Waals surface area contributed by atoms with Crippen molar-refractivity contribution in [3.05, 3.63) is 53.6 Å². The summed E-state index contributed by atoms with van der Waals surface area (Å²) in [6.45, 7) is 4.34. The molecule has 8 nitrogen and oxygen atoms in total. The van der Waals surface area contributed by atoms with E-state index in [1.54, 1.807) is 31.2 Å². The second kappa shape index (κ2) is 8.29. The predicted octanol–water partition coefficient (Wildman–Crippen LogP) is 2.82. The number of hydrogen-bond donors (Lipinski definition) is 2. The number of urea groups is 1. The van der Waals surface area contributed by atoms with Crippen LogP contribution < -0.4 is 20.1 Å². The topological polar surface area (TPSA) is 97.0 Å². The van der Waals surface area contributed by atoms with E-state index in [0.29, 0.717) is 36.0 Å². The van der Waals surface area contributed by atoms with Crippen molar-refractivity contribution in [1.29, 1.82) is 0 Å². The smallest absolute Gasteiger partial charge is 0.325 e. The number of ether oxygens (including phenoxy) is 2. The zero-order valence-electron chi connectivity index (χ0n) is 17.6. The van der Waals surface area contributed by atoms with Gasteiger partial charge in [0.2, 0.25) is 5.91 Å². The number of anilines is 1. The van der Waals surface area contributed by atoms with Crippen LogP contribution in [-0.4, -0.2) is 42.5 Å². The third-order valence-corrected chi connectivity index (χ3v) is 5.52. The minimum atomic E-state index is -1.30. The number of nitrogens with zero attached hydrogens (tertiary/aromatic N) is 1. The summed E-state index contributed by atoms with van der Waals surface area (Å²) in [6.07, 6.45) is 1.60. The molecule has 2 aromatic rings. The molecule has 2 aromatic carbocycles. The highest BCUT2D eigenvalue weighted by atomic mass is 16.5. The Bertz CT molecular complexity index is 1040. The molecule has 0 aliphatic carbocycles. The van der Waals surface area contributed by atoms with E-state index in [-0.39, 0.29) is 6.54 Å². The van der Waals surface area contributed by atoms with Gasteiger partial charge in [-0.25, -0.2) is 4.79 Å². The molecule has 4 rings (SSSR count). The average Bonchev–Trinajstić information content (AvgIpc) is 2.93. The Morgan fingerprint density at radius 1 is 1.13 bits per heavy atom. The van der Waals surface area contributed by atoms with Gasteiger partial charge in [-0.1, -0.05) is 25.1 Å². The number of carbonyl (C=O) groups is 3. The number of rotatable bonds is 5. The van der Waals surface area contributed by atoms with Gasteiger partial charge in [-0.3, -0.25) is 14.5 Å². The first-order valence-corrected chi connectivity index (χ1v) is 10.3. The molecule has 0 saturated carbocycles. The summed E-state index contributed by atoms with van der Waals surface area (Å²) in [5, 5.41) is 5.47. The van der Waals surface area contributed by atoms with Gasteiger partial charge in [0.1, 0.15) is 12.1 Å². The number of hydrogen-bond acceptors (Lipinski definition) is 5. The Hall–Kier alpha value is -3.55. The molecule has 31 heavy (non-hydrogen) atoms. The van der Waals surface area contributed by atoms with Crippen LogP contribution in [0.25, 0.3) is 0 Å². The number of carbonyl (C=O) groups excluding carboxylic acids is 3. The van der Waals surface area contributed by atoms with Crippen LogP contribution >= 0.6 is 0 Å². The van der Waals surface area contributed by atoms with Gasteiger partial charge in [-0.2, -0.15) is 0 Å². The van der Waals surface area contributed by atoms with E-state index in [1.807, 2.05) is 25.1 Å². The molecular weight excluding hydrogens is 398 g/mol. The summed E-state index contributed by atoms with van der Waals surface area (Å²) in [5.74, 6) is 0.196. The summed E-state index contributed by atoms with van der Waals surface area (Å²) < 4.78 is 11.3. The first kappa shape index (κ1) is 20.7. The van der Waals surface area contributed by atoms with Gasteiger partial charge in [0.05, 0.1) is 13.2 Å². The average molecular weight is 423 g/mol. The van der Waals surface area contributed by atoms with Crippen molar-refractivity contribution in [1.82, 2.24) is 10.2 Å². The maximum Gasteiger partial charge on any atom is 0.325 e. The normalized spacial score (nSPS) is 20.3.